The molecule has 0 aromatic carbocycles. The quantitative estimate of drug-likeness (QED) is 0.385. The maximum Gasteiger partial charge on any atom is 0.243 e. The monoisotopic (exact) mass is 679 g/mol. The van der Waals surface area contributed by atoms with E-state index in [1.54, 1.807) is 0 Å². The lowest BCUT2D eigenvalue weighted by atomic mass is 10.0. The summed E-state index contributed by atoms with van der Waals surface area (Å²) >= 11 is 0. The second-order valence-electron chi connectivity index (χ2n) is 18.9. The van der Waals surface area contributed by atoms with E-state index >= 15 is 0 Å². The van der Waals surface area contributed by atoms with E-state index < -0.39 is 68.7 Å². The van der Waals surface area contributed by atoms with Gasteiger partial charge in [-0.05, 0) is 125 Å². The first-order valence-corrected chi connectivity index (χ1v) is 16.9. The maximum absolute atomic E-state index is 14.1. The molecule has 0 saturated carbocycles. The summed E-state index contributed by atoms with van der Waals surface area (Å²) < 4.78 is 0. The van der Waals surface area contributed by atoms with Gasteiger partial charge in [-0.2, -0.15) is 0 Å². The molecular formula is C36H66N6O6. The maximum atomic E-state index is 14.1. The molecule has 1 aliphatic heterocycles. The Balaban J connectivity index is 4.03. The lowest BCUT2D eigenvalue weighted by molar-refractivity contribution is -0.158. The summed E-state index contributed by atoms with van der Waals surface area (Å²) in [4.78, 5) is 93.2. The van der Waals surface area contributed by atoms with Crippen LogP contribution >= 0.6 is 0 Å². The molecule has 6 amide bonds. The van der Waals surface area contributed by atoms with Crippen molar-refractivity contribution < 1.29 is 28.8 Å². The molecule has 0 aromatic rings. The van der Waals surface area contributed by atoms with Crippen LogP contribution in [0.5, 0.6) is 0 Å². The first kappa shape index (κ1) is 42.8. The summed E-state index contributed by atoms with van der Waals surface area (Å²) in [5.74, 6) is -2.61. The fourth-order valence-corrected chi connectivity index (χ4v) is 5.52. The van der Waals surface area contributed by atoms with Gasteiger partial charge in [-0.15, -0.1) is 0 Å². The Bertz CT molecular complexity index is 986. The summed E-state index contributed by atoms with van der Waals surface area (Å²) in [6, 6.07) is 0. The molecule has 0 bridgehead atoms. The minimum atomic E-state index is -0.804. The number of hydrogen-bond acceptors (Lipinski definition) is 6. The van der Waals surface area contributed by atoms with Crippen molar-refractivity contribution in [1.82, 2.24) is 29.4 Å². The summed E-state index contributed by atoms with van der Waals surface area (Å²) in [7, 11) is 0. The third-order valence-electron chi connectivity index (χ3n) is 8.43. The minimum absolute atomic E-state index is 0.322. The van der Waals surface area contributed by atoms with Crippen molar-refractivity contribution in [2.45, 2.75) is 158 Å². The Kier molecular flexibility index (Phi) is 12.8. The molecular weight excluding hydrogens is 612 g/mol. The predicted molar refractivity (Wildman–Crippen MR) is 189 cm³/mol. The highest BCUT2D eigenvalue weighted by Gasteiger charge is 2.42. The van der Waals surface area contributed by atoms with E-state index in [9.17, 15) is 28.8 Å². The van der Waals surface area contributed by atoms with Gasteiger partial charge in [0, 0.05) is 33.2 Å². The summed E-state index contributed by atoms with van der Waals surface area (Å²) in [6.45, 7) is 30.7. The summed E-state index contributed by atoms with van der Waals surface area (Å²) in [5.41, 5.74) is -4.82. The van der Waals surface area contributed by atoms with Crippen LogP contribution in [0.1, 0.15) is 125 Å². The van der Waals surface area contributed by atoms with Gasteiger partial charge in [-0.25, -0.2) is 0 Å². The highest BCUT2D eigenvalue weighted by molar-refractivity contribution is 5.94. The van der Waals surface area contributed by atoms with E-state index in [0.29, 0.717) is 0 Å². The van der Waals surface area contributed by atoms with Crippen LogP contribution in [-0.4, -0.2) is 137 Å². The predicted octanol–water partition coefficient (Wildman–Crippen LogP) is 3.76. The number of nitrogens with zero attached hydrogens (tertiary/aromatic N) is 6. The van der Waals surface area contributed by atoms with Gasteiger partial charge in [0.25, 0.3) is 0 Å². The van der Waals surface area contributed by atoms with Gasteiger partial charge in [-0.3, -0.25) is 28.8 Å². The van der Waals surface area contributed by atoms with Crippen molar-refractivity contribution in [1.29, 1.82) is 0 Å². The van der Waals surface area contributed by atoms with Crippen LogP contribution in [0, 0.1) is 0 Å². The Morgan fingerprint density at radius 3 is 0.396 bits per heavy atom. The average molecular weight is 679 g/mol. The minimum Gasteiger partial charge on any atom is -0.327 e. The fourth-order valence-electron chi connectivity index (χ4n) is 5.52. The van der Waals surface area contributed by atoms with Crippen LogP contribution in [-0.2, 0) is 28.8 Å². The highest BCUT2D eigenvalue weighted by Crippen LogP contribution is 2.25. The third kappa shape index (κ3) is 11.5. The molecule has 0 spiro atoms. The van der Waals surface area contributed by atoms with Crippen LogP contribution in [0.4, 0.5) is 0 Å². The number of carbonyl (C=O) groups is 6. The molecule has 0 aliphatic carbocycles. The molecule has 1 fully saturated rings. The second kappa shape index (κ2) is 14.4. The summed E-state index contributed by atoms with van der Waals surface area (Å²) in [5, 5.41) is 0. The average Bonchev–Trinajstić information content (AvgIpc) is 2.83. The van der Waals surface area contributed by atoms with Crippen molar-refractivity contribution in [3.8, 4) is 0 Å². The molecule has 0 atom stereocenters. The second-order valence-corrected chi connectivity index (χ2v) is 18.9. The lowest BCUT2D eigenvalue weighted by Gasteiger charge is -2.45. The van der Waals surface area contributed by atoms with Gasteiger partial charge in [0.2, 0.25) is 35.4 Å². The largest absolute Gasteiger partial charge is 0.327 e. The number of hydrogen-bond donors (Lipinski definition) is 0. The van der Waals surface area contributed by atoms with Crippen molar-refractivity contribution in [2.75, 3.05) is 39.3 Å². The van der Waals surface area contributed by atoms with Gasteiger partial charge in [0.15, 0.2) is 0 Å². The van der Waals surface area contributed by atoms with E-state index in [4.69, 9.17) is 0 Å². The van der Waals surface area contributed by atoms with Gasteiger partial charge < -0.3 is 29.4 Å². The molecule has 1 rings (SSSR count). The lowest BCUT2D eigenvalue weighted by Crippen LogP contribution is -2.63. The highest BCUT2D eigenvalue weighted by atomic mass is 16.2. The van der Waals surface area contributed by atoms with E-state index in [1.165, 1.54) is 29.4 Å². The number of carbonyl (C=O) groups excluding carboxylic acids is 6. The molecule has 12 nitrogen and oxygen atoms in total. The zero-order valence-electron chi connectivity index (χ0n) is 33.4. The fraction of sp³-hybridized carbons (Fsp3) is 0.833. The molecule has 48 heavy (non-hydrogen) atoms. The van der Waals surface area contributed by atoms with E-state index in [0.717, 1.165) is 0 Å². The Morgan fingerprint density at radius 1 is 0.250 bits per heavy atom. The van der Waals surface area contributed by atoms with Gasteiger partial charge in [0.05, 0.1) is 0 Å². The summed E-state index contributed by atoms with van der Waals surface area (Å²) in [6.07, 6.45) is 0. The van der Waals surface area contributed by atoms with Crippen molar-refractivity contribution in [3.05, 3.63) is 0 Å². The zero-order chi connectivity index (χ0) is 38.2. The van der Waals surface area contributed by atoms with Crippen molar-refractivity contribution in [2.24, 2.45) is 0 Å². The smallest absolute Gasteiger partial charge is 0.243 e. The number of rotatable bonds is 0. The van der Waals surface area contributed by atoms with Gasteiger partial charge >= 0.3 is 0 Å². The first-order chi connectivity index (χ1) is 21.1. The van der Waals surface area contributed by atoms with E-state index in [2.05, 4.69) is 0 Å². The molecule has 0 aromatic heterocycles. The topological polar surface area (TPSA) is 122 Å². The van der Waals surface area contributed by atoms with Gasteiger partial charge in [-0.1, -0.05) is 0 Å². The molecule has 1 saturated heterocycles. The molecule has 0 radical (unpaired) electrons. The molecule has 12 heteroatoms. The van der Waals surface area contributed by atoms with Crippen LogP contribution in [0.3, 0.4) is 0 Å². The Morgan fingerprint density at radius 2 is 0.333 bits per heavy atom. The molecule has 1 heterocycles. The molecule has 0 N–H and O–H groups in total. The zero-order valence-corrected chi connectivity index (χ0v) is 33.4. The normalized spacial score (nSPS) is 19.4. The first-order valence-electron chi connectivity index (χ1n) is 16.9. The van der Waals surface area contributed by atoms with Crippen molar-refractivity contribution >= 4 is 35.4 Å². The Hall–Kier alpha value is -3.18. The molecule has 276 valence electrons. The van der Waals surface area contributed by atoms with Crippen molar-refractivity contribution in [3.63, 3.8) is 0 Å². The van der Waals surface area contributed by atoms with Crippen LogP contribution in [0.15, 0.2) is 0 Å². The van der Waals surface area contributed by atoms with Gasteiger partial charge in [0.1, 0.15) is 39.3 Å². The Labute approximate surface area is 290 Å². The molecule has 0 unspecified atom stereocenters. The standard InChI is InChI=1S/C36H66N6O6/c1-31(2,3)37-19-26(44)39(33(7,8)9)21-28(46)41(35(13,14)15)23-30(48)42(36(16,17)18)24-29(47)40(34(10,11)12)22-27(45)38(20-25(37)43)32(4,5)6/h19-24H2,1-18H3. The third-order valence-corrected chi connectivity index (χ3v) is 8.43. The van der Waals surface area contributed by atoms with E-state index in [-0.39, 0.29) is 39.3 Å². The van der Waals surface area contributed by atoms with Crippen LogP contribution in [0.2, 0.25) is 0 Å². The molecule has 1 aliphatic rings. The van der Waals surface area contributed by atoms with E-state index in [1.807, 2.05) is 125 Å². The van der Waals surface area contributed by atoms with Crippen LogP contribution in [0.25, 0.3) is 0 Å². The number of amides is 6. The SMILES string of the molecule is CC(C)(C)N1CC(=O)N(C(C)(C)C)CC(=O)N(C(C)(C)C)CC(=O)N(C(C)(C)C)CC(=O)N(C(C)(C)C)CC(=O)N(C(C)(C)C)CC1=O. The van der Waals surface area contributed by atoms with Crippen LogP contribution < -0.4 is 0 Å².